The van der Waals surface area contributed by atoms with Crippen LogP contribution in [-0.4, -0.2) is 11.7 Å². The normalized spacial score (nSPS) is 10.7. The van der Waals surface area contributed by atoms with Gasteiger partial charge in [-0.15, -0.1) is 0 Å². The first kappa shape index (κ1) is 15.5. The molecular formula is C15H14ClF2NO2. The maximum Gasteiger partial charge on any atom is 0.387 e. The minimum atomic E-state index is -2.90. The minimum Gasteiger partial charge on any atom is -0.433 e. The number of aliphatic hydroxyl groups is 1. The molecule has 2 aromatic rings. The zero-order chi connectivity index (χ0) is 15.2. The van der Waals surface area contributed by atoms with Gasteiger partial charge in [0, 0.05) is 12.2 Å². The van der Waals surface area contributed by atoms with Crippen LogP contribution in [0.5, 0.6) is 5.75 Å². The van der Waals surface area contributed by atoms with Gasteiger partial charge in [0.05, 0.1) is 11.6 Å². The molecule has 0 amide bonds. The minimum absolute atomic E-state index is 0.00884. The van der Waals surface area contributed by atoms with Gasteiger partial charge in [0.2, 0.25) is 0 Å². The van der Waals surface area contributed by atoms with Crippen molar-refractivity contribution in [2.45, 2.75) is 19.8 Å². The second-order valence-electron chi connectivity index (χ2n) is 4.35. The van der Waals surface area contributed by atoms with Gasteiger partial charge >= 0.3 is 6.61 Å². The molecule has 0 aliphatic carbocycles. The molecule has 0 unspecified atom stereocenters. The summed E-state index contributed by atoms with van der Waals surface area (Å²) in [6, 6.07) is 12.0. The highest BCUT2D eigenvalue weighted by atomic mass is 35.5. The van der Waals surface area contributed by atoms with E-state index >= 15 is 0 Å². The van der Waals surface area contributed by atoms with Crippen LogP contribution in [-0.2, 0) is 13.2 Å². The largest absolute Gasteiger partial charge is 0.433 e. The standard InChI is InChI=1S/C15H14ClF2NO2/c16-13-7-12(5-6-14(13)21-15(17)18)19-8-10-1-3-11(9-20)4-2-10/h1-7,15,19-20H,8-9H2. The Hall–Kier alpha value is -1.85. The first-order chi connectivity index (χ1) is 10.1. The Balaban J connectivity index is 1.98. The molecule has 0 spiro atoms. The zero-order valence-electron chi connectivity index (χ0n) is 11.0. The van der Waals surface area contributed by atoms with Crippen molar-refractivity contribution in [3.8, 4) is 5.75 Å². The third-order valence-electron chi connectivity index (χ3n) is 2.85. The van der Waals surface area contributed by atoms with E-state index in [0.717, 1.165) is 11.1 Å². The topological polar surface area (TPSA) is 41.5 Å². The number of hydrogen-bond acceptors (Lipinski definition) is 3. The molecule has 2 aromatic carbocycles. The second-order valence-corrected chi connectivity index (χ2v) is 4.76. The lowest BCUT2D eigenvalue weighted by molar-refractivity contribution is -0.0497. The second kappa shape index (κ2) is 7.24. The number of rotatable bonds is 6. The fourth-order valence-corrected chi connectivity index (χ4v) is 1.99. The highest BCUT2D eigenvalue weighted by molar-refractivity contribution is 6.32. The maximum absolute atomic E-state index is 12.1. The summed E-state index contributed by atoms with van der Waals surface area (Å²) >= 11 is 5.87. The van der Waals surface area contributed by atoms with Crippen molar-refractivity contribution in [2.75, 3.05) is 5.32 Å². The van der Waals surface area contributed by atoms with Crippen molar-refractivity contribution in [3.63, 3.8) is 0 Å². The van der Waals surface area contributed by atoms with Crippen LogP contribution in [0.1, 0.15) is 11.1 Å². The van der Waals surface area contributed by atoms with E-state index in [2.05, 4.69) is 10.1 Å². The van der Waals surface area contributed by atoms with Gasteiger partial charge in [-0.2, -0.15) is 8.78 Å². The molecule has 0 aliphatic heterocycles. The Kier molecular flexibility index (Phi) is 5.36. The summed E-state index contributed by atoms with van der Waals surface area (Å²) in [4.78, 5) is 0. The Morgan fingerprint density at radius 2 is 1.76 bits per heavy atom. The summed E-state index contributed by atoms with van der Waals surface area (Å²) in [7, 11) is 0. The summed E-state index contributed by atoms with van der Waals surface area (Å²) in [5.74, 6) is -0.0514. The molecule has 2 N–H and O–H groups in total. The van der Waals surface area contributed by atoms with Crippen LogP contribution in [0.4, 0.5) is 14.5 Å². The van der Waals surface area contributed by atoms with Gasteiger partial charge in [-0.25, -0.2) is 0 Å². The van der Waals surface area contributed by atoms with Crippen LogP contribution in [0.25, 0.3) is 0 Å². The highest BCUT2D eigenvalue weighted by Crippen LogP contribution is 2.29. The van der Waals surface area contributed by atoms with Crippen LogP contribution in [0.2, 0.25) is 5.02 Å². The average molecular weight is 314 g/mol. The molecular weight excluding hydrogens is 300 g/mol. The lowest BCUT2D eigenvalue weighted by atomic mass is 10.1. The maximum atomic E-state index is 12.1. The monoisotopic (exact) mass is 313 g/mol. The van der Waals surface area contributed by atoms with Crippen molar-refractivity contribution >= 4 is 17.3 Å². The molecule has 0 aliphatic rings. The van der Waals surface area contributed by atoms with Crippen LogP contribution in [0, 0.1) is 0 Å². The fraction of sp³-hybridized carbons (Fsp3) is 0.200. The lowest BCUT2D eigenvalue weighted by Crippen LogP contribution is -2.03. The third-order valence-corrected chi connectivity index (χ3v) is 3.15. The zero-order valence-corrected chi connectivity index (χ0v) is 11.8. The van der Waals surface area contributed by atoms with Crippen molar-refractivity contribution in [2.24, 2.45) is 0 Å². The Morgan fingerprint density at radius 1 is 1.10 bits per heavy atom. The van der Waals surface area contributed by atoms with Crippen LogP contribution in [0.3, 0.4) is 0 Å². The quantitative estimate of drug-likeness (QED) is 0.845. The summed E-state index contributed by atoms with van der Waals surface area (Å²) in [6.45, 7) is -2.34. The van der Waals surface area contributed by atoms with Crippen LogP contribution in [0.15, 0.2) is 42.5 Å². The van der Waals surface area contributed by atoms with Gasteiger partial charge in [-0.1, -0.05) is 35.9 Å². The molecule has 0 atom stereocenters. The molecule has 0 saturated carbocycles. The van der Waals surface area contributed by atoms with Gasteiger partial charge < -0.3 is 15.2 Å². The molecule has 0 bridgehead atoms. The SMILES string of the molecule is OCc1ccc(CNc2ccc(OC(F)F)c(Cl)c2)cc1. The predicted molar refractivity (Wildman–Crippen MR) is 77.8 cm³/mol. The van der Waals surface area contributed by atoms with E-state index in [4.69, 9.17) is 16.7 Å². The fourth-order valence-electron chi connectivity index (χ4n) is 1.77. The lowest BCUT2D eigenvalue weighted by Gasteiger charge is -2.10. The highest BCUT2D eigenvalue weighted by Gasteiger charge is 2.08. The molecule has 2 rings (SSSR count). The van der Waals surface area contributed by atoms with E-state index in [9.17, 15) is 8.78 Å². The molecule has 0 aromatic heterocycles. The Morgan fingerprint density at radius 3 is 2.33 bits per heavy atom. The van der Waals surface area contributed by atoms with Crippen LogP contribution < -0.4 is 10.1 Å². The first-order valence-corrected chi connectivity index (χ1v) is 6.63. The number of ether oxygens (including phenoxy) is 1. The van der Waals surface area contributed by atoms with Crippen molar-refractivity contribution in [1.29, 1.82) is 0 Å². The number of hydrogen-bond donors (Lipinski definition) is 2. The number of anilines is 1. The average Bonchev–Trinajstić information content (AvgIpc) is 2.48. The molecule has 0 fully saturated rings. The first-order valence-electron chi connectivity index (χ1n) is 6.25. The van der Waals surface area contributed by atoms with Crippen molar-refractivity contribution in [3.05, 3.63) is 58.6 Å². The Labute approximate surface area is 126 Å². The van der Waals surface area contributed by atoms with Crippen molar-refractivity contribution in [1.82, 2.24) is 0 Å². The van der Waals surface area contributed by atoms with E-state index in [-0.39, 0.29) is 17.4 Å². The van der Waals surface area contributed by atoms with E-state index < -0.39 is 6.61 Å². The van der Waals surface area contributed by atoms with Crippen molar-refractivity contribution < 1.29 is 18.6 Å². The molecule has 0 heterocycles. The third kappa shape index (κ3) is 4.58. The molecule has 0 saturated heterocycles. The van der Waals surface area contributed by atoms with E-state index in [1.807, 2.05) is 24.3 Å². The van der Waals surface area contributed by atoms with E-state index in [1.165, 1.54) is 12.1 Å². The number of halogens is 3. The molecule has 112 valence electrons. The smallest absolute Gasteiger partial charge is 0.387 e. The molecule has 21 heavy (non-hydrogen) atoms. The van der Waals surface area contributed by atoms with E-state index in [1.54, 1.807) is 6.07 Å². The van der Waals surface area contributed by atoms with Gasteiger partial charge in [0.1, 0.15) is 5.75 Å². The molecule has 6 heteroatoms. The number of alkyl halides is 2. The van der Waals surface area contributed by atoms with Gasteiger partial charge in [0.25, 0.3) is 0 Å². The van der Waals surface area contributed by atoms with Crippen LogP contribution >= 0.6 is 11.6 Å². The Bertz CT molecular complexity index is 591. The summed E-state index contributed by atoms with van der Waals surface area (Å²) in [6.07, 6.45) is 0. The molecule has 3 nitrogen and oxygen atoms in total. The predicted octanol–water partition coefficient (Wildman–Crippen LogP) is 4.05. The van der Waals surface area contributed by atoms with E-state index in [0.29, 0.717) is 12.2 Å². The van der Waals surface area contributed by atoms with Gasteiger partial charge in [0.15, 0.2) is 0 Å². The van der Waals surface area contributed by atoms with Gasteiger partial charge in [-0.3, -0.25) is 0 Å². The molecule has 0 radical (unpaired) electrons. The summed E-state index contributed by atoms with van der Waals surface area (Å²) < 4.78 is 28.5. The summed E-state index contributed by atoms with van der Waals surface area (Å²) in [5, 5.41) is 12.2. The summed E-state index contributed by atoms with van der Waals surface area (Å²) in [5.41, 5.74) is 2.57. The number of benzene rings is 2. The van der Waals surface area contributed by atoms with Gasteiger partial charge in [-0.05, 0) is 29.3 Å². The number of aliphatic hydroxyl groups excluding tert-OH is 1. The number of nitrogens with one attached hydrogen (secondary N) is 1.